The van der Waals surface area contributed by atoms with Gasteiger partial charge >= 0.3 is 5.97 Å². The Morgan fingerprint density at radius 1 is 1.56 bits per heavy atom. The van der Waals surface area contributed by atoms with Crippen molar-refractivity contribution in [3.05, 3.63) is 29.3 Å². The van der Waals surface area contributed by atoms with E-state index < -0.39 is 5.97 Å². The number of hydrogen-bond donors (Lipinski definition) is 2. The Kier molecular flexibility index (Phi) is 3.39. The van der Waals surface area contributed by atoms with Gasteiger partial charge in [-0.25, -0.2) is 4.79 Å². The Labute approximate surface area is 99.2 Å². The minimum Gasteiger partial charge on any atom is -0.478 e. The molecule has 1 aliphatic heterocycles. The molecule has 16 heavy (non-hydrogen) atoms. The van der Waals surface area contributed by atoms with Crippen LogP contribution in [-0.2, 0) is 0 Å². The highest BCUT2D eigenvalue weighted by molar-refractivity contribution is 7.99. The predicted molar refractivity (Wildman–Crippen MR) is 67.5 cm³/mol. The highest BCUT2D eigenvalue weighted by Gasteiger charge is 2.16. The molecule has 1 aliphatic rings. The van der Waals surface area contributed by atoms with Gasteiger partial charge in [-0.05, 0) is 42.9 Å². The van der Waals surface area contributed by atoms with Crippen LogP contribution in [0.3, 0.4) is 0 Å². The second-order valence-electron chi connectivity index (χ2n) is 4.04. The Balaban J connectivity index is 2.12. The third-order valence-electron chi connectivity index (χ3n) is 2.76. The lowest BCUT2D eigenvalue weighted by Crippen LogP contribution is -2.18. The van der Waals surface area contributed by atoms with Crippen LogP contribution >= 0.6 is 11.8 Å². The quantitative estimate of drug-likeness (QED) is 0.848. The number of aromatic carboxylic acids is 1. The molecule has 1 atom stereocenters. The van der Waals surface area contributed by atoms with E-state index in [9.17, 15) is 4.79 Å². The molecule has 3 nitrogen and oxygen atoms in total. The van der Waals surface area contributed by atoms with Crippen LogP contribution in [-0.4, -0.2) is 28.6 Å². The first-order valence-electron chi connectivity index (χ1n) is 5.35. The molecule has 1 heterocycles. The Bertz CT molecular complexity index is 400. The molecule has 1 aromatic rings. The van der Waals surface area contributed by atoms with Gasteiger partial charge in [0.15, 0.2) is 0 Å². The van der Waals surface area contributed by atoms with Crippen LogP contribution in [0.15, 0.2) is 18.2 Å². The summed E-state index contributed by atoms with van der Waals surface area (Å²) in [6.07, 6.45) is 1.19. The molecule has 4 heteroatoms. The van der Waals surface area contributed by atoms with E-state index in [-0.39, 0.29) is 0 Å². The van der Waals surface area contributed by atoms with Crippen molar-refractivity contribution in [1.82, 2.24) is 0 Å². The van der Waals surface area contributed by atoms with Crippen molar-refractivity contribution in [2.75, 3.05) is 16.8 Å². The number of aryl methyl sites for hydroxylation is 1. The van der Waals surface area contributed by atoms with Crippen molar-refractivity contribution in [2.45, 2.75) is 19.4 Å². The summed E-state index contributed by atoms with van der Waals surface area (Å²) in [6.45, 7) is 1.94. The molecule has 0 saturated carbocycles. The number of rotatable bonds is 3. The molecule has 0 spiro atoms. The average molecular weight is 237 g/mol. The minimum atomic E-state index is -0.869. The fourth-order valence-electron chi connectivity index (χ4n) is 1.83. The Morgan fingerprint density at radius 2 is 2.38 bits per heavy atom. The van der Waals surface area contributed by atoms with E-state index in [1.165, 1.54) is 12.2 Å². The van der Waals surface area contributed by atoms with Gasteiger partial charge in [0.25, 0.3) is 0 Å². The van der Waals surface area contributed by atoms with Crippen LogP contribution in [0.4, 0.5) is 5.69 Å². The zero-order valence-electron chi connectivity index (χ0n) is 9.19. The zero-order chi connectivity index (χ0) is 11.5. The van der Waals surface area contributed by atoms with E-state index in [1.807, 2.05) is 24.8 Å². The summed E-state index contributed by atoms with van der Waals surface area (Å²) in [6, 6.07) is 5.76. The molecule has 86 valence electrons. The van der Waals surface area contributed by atoms with E-state index in [1.54, 1.807) is 12.1 Å². The van der Waals surface area contributed by atoms with Gasteiger partial charge in [-0.15, -0.1) is 0 Å². The number of hydrogen-bond acceptors (Lipinski definition) is 3. The largest absolute Gasteiger partial charge is 0.478 e. The van der Waals surface area contributed by atoms with E-state index in [0.717, 1.165) is 17.0 Å². The van der Waals surface area contributed by atoms with E-state index in [2.05, 4.69) is 5.32 Å². The summed E-state index contributed by atoms with van der Waals surface area (Å²) in [5.74, 6) is 1.48. The van der Waals surface area contributed by atoms with Crippen molar-refractivity contribution in [1.29, 1.82) is 0 Å². The fraction of sp³-hybridized carbons (Fsp3) is 0.417. The van der Waals surface area contributed by atoms with Crippen LogP contribution in [0.25, 0.3) is 0 Å². The van der Waals surface area contributed by atoms with Gasteiger partial charge in [-0.2, -0.15) is 11.8 Å². The second kappa shape index (κ2) is 4.78. The zero-order valence-corrected chi connectivity index (χ0v) is 10.0. The number of carbonyl (C=O) groups is 1. The molecule has 1 aromatic carbocycles. The van der Waals surface area contributed by atoms with Crippen LogP contribution in [0.2, 0.25) is 0 Å². The standard InChI is InChI=1S/C12H15NO2S/c1-8-6-9(12(14)15)2-3-11(8)13-10-4-5-16-7-10/h2-3,6,10,13H,4-5,7H2,1H3,(H,14,15). The molecule has 0 amide bonds. The van der Waals surface area contributed by atoms with Crippen molar-refractivity contribution >= 4 is 23.4 Å². The minimum absolute atomic E-state index is 0.351. The lowest BCUT2D eigenvalue weighted by atomic mass is 10.1. The van der Waals surface area contributed by atoms with Gasteiger partial charge in [0.05, 0.1) is 5.56 Å². The Hall–Kier alpha value is -1.16. The number of benzene rings is 1. The van der Waals surface area contributed by atoms with Crippen LogP contribution in [0, 0.1) is 6.92 Å². The summed E-state index contributed by atoms with van der Waals surface area (Å²) in [4.78, 5) is 10.8. The van der Waals surface area contributed by atoms with E-state index in [0.29, 0.717) is 11.6 Å². The summed E-state index contributed by atoms with van der Waals surface area (Å²) in [5.41, 5.74) is 2.40. The van der Waals surface area contributed by atoms with Gasteiger partial charge in [0, 0.05) is 17.5 Å². The van der Waals surface area contributed by atoms with E-state index >= 15 is 0 Å². The molecule has 0 aliphatic carbocycles. The van der Waals surface area contributed by atoms with Gasteiger partial charge in [0.1, 0.15) is 0 Å². The van der Waals surface area contributed by atoms with Crippen molar-refractivity contribution in [2.24, 2.45) is 0 Å². The lowest BCUT2D eigenvalue weighted by molar-refractivity contribution is 0.0697. The van der Waals surface area contributed by atoms with Gasteiger partial charge < -0.3 is 10.4 Å². The first-order chi connectivity index (χ1) is 7.66. The van der Waals surface area contributed by atoms with Crippen LogP contribution in [0.5, 0.6) is 0 Å². The van der Waals surface area contributed by atoms with Gasteiger partial charge in [0.2, 0.25) is 0 Å². The number of thioether (sulfide) groups is 1. The first kappa shape index (κ1) is 11.3. The smallest absolute Gasteiger partial charge is 0.335 e. The molecule has 0 bridgehead atoms. The summed E-state index contributed by atoms with van der Waals surface area (Å²) >= 11 is 1.96. The lowest BCUT2D eigenvalue weighted by Gasteiger charge is -2.15. The summed E-state index contributed by atoms with van der Waals surface area (Å²) in [5, 5.41) is 12.3. The number of carboxylic acid groups (broad SMARTS) is 1. The average Bonchev–Trinajstić information content (AvgIpc) is 2.73. The Morgan fingerprint density at radius 3 is 2.94 bits per heavy atom. The molecular weight excluding hydrogens is 222 g/mol. The normalized spacial score (nSPS) is 19.7. The monoisotopic (exact) mass is 237 g/mol. The molecule has 1 unspecified atom stereocenters. The molecule has 2 rings (SSSR count). The topological polar surface area (TPSA) is 49.3 Å². The predicted octanol–water partition coefficient (Wildman–Crippen LogP) is 2.61. The number of anilines is 1. The van der Waals surface area contributed by atoms with Crippen LogP contribution < -0.4 is 5.32 Å². The molecule has 1 saturated heterocycles. The first-order valence-corrected chi connectivity index (χ1v) is 6.50. The maximum Gasteiger partial charge on any atom is 0.335 e. The van der Waals surface area contributed by atoms with E-state index in [4.69, 9.17) is 5.11 Å². The van der Waals surface area contributed by atoms with Crippen molar-refractivity contribution in [3.8, 4) is 0 Å². The maximum atomic E-state index is 10.8. The molecule has 2 N–H and O–H groups in total. The van der Waals surface area contributed by atoms with Gasteiger partial charge in [-0.1, -0.05) is 0 Å². The number of nitrogens with one attached hydrogen (secondary N) is 1. The molecule has 0 radical (unpaired) electrons. The third kappa shape index (κ3) is 2.50. The maximum absolute atomic E-state index is 10.8. The number of carboxylic acids is 1. The highest BCUT2D eigenvalue weighted by Crippen LogP contribution is 2.23. The summed E-state index contributed by atoms with van der Waals surface area (Å²) < 4.78 is 0. The van der Waals surface area contributed by atoms with Gasteiger partial charge in [-0.3, -0.25) is 0 Å². The second-order valence-corrected chi connectivity index (χ2v) is 5.19. The molecule has 1 fully saturated rings. The summed E-state index contributed by atoms with van der Waals surface area (Å²) in [7, 11) is 0. The van der Waals surface area contributed by atoms with Crippen molar-refractivity contribution < 1.29 is 9.90 Å². The van der Waals surface area contributed by atoms with Crippen molar-refractivity contribution in [3.63, 3.8) is 0 Å². The molecular formula is C12H15NO2S. The fourth-order valence-corrected chi connectivity index (χ4v) is 2.98. The highest BCUT2D eigenvalue weighted by atomic mass is 32.2. The third-order valence-corrected chi connectivity index (χ3v) is 3.93. The van der Waals surface area contributed by atoms with Crippen LogP contribution in [0.1, 0.15) is 22.3 Å². The molecule has 0 aromatic heterocycles. The SMILES string of the molecule is Cc1cc(C(=O)O)ccc1NC1CCSC1.